The van der Waals surface area contributed by atoms with E-state index in [9.17, 15) is 26.4 Å². The highest BCUT2D eigenvalue weighted by Gasteiger charge is 2.49. The Morgan fingerprint density at radius 3 is 2.47 bits per heavy atom. The molecule has 1 aliphatic rings. The van der Waals surface area contributed by atoms with Gasteiger partial charge in [0.1, 0.15) is 6.23 Å². The second-order valence-corrected chi connectivity index (χ2v) is 16.1. The summed E-state index contributed by atoms with van der Waals surface area (Å²) in [6, 6.07) is 0.705. The van der Waals surface area contributed by atoms with Gasteiger partial charge in [-0.2, -0.15) is 26.7 Å². The zero-order valence-corrected chi connectivity index (χ0v) is 21.6. The number of alkyl halides is 3. The number of pyridine rings is 1. The van der Waals surface area contributed by atoms with Crippen molar-refractivity contribution < 1.29 is 34.9 Å². The minimum absolute atomic E-state index is 0.0554. The molecular formula is C20H30F3N3O6SSi. The zero-order chi connectivity index (χ0) is 25.5. The van der Waals surface area contributed by atoms with E-state index in [1.54, 1.807) is 0 Å². The summed E-state index contributed by atoms with van der Waals surface area (Å²) < 4.78 is 80.8. The van der Waals surface area contributed by atoms with Gasteiger partial charge in [-0.25, -0.2) is 4.68 Å². The van der Waals surface area contributed by atoms with Crippen molar-refractivity contribution in [2.24, 2.45) is 0 Å². The van der Waals surface area contributed by atoms with E-state index in [4.69, 9.17) is 9.16 Å². The predicted octanol–water partition coefficient (Wildman–Crippen LogP) is 4.15. The van der Waals surface area contributed by atoms with E-state index < -0.39 is 41.5 Å². The van der Waals surface area contributed by atoms with Crippen molar-refractivity contribution in [1.82, 2.24) is 14.3 Å². The highest BCUT2D eigenvalue weighted by atomic mass is 32.2. The van der Waals surface area contributed by atoms with Gasteiger partial charge < -0.3 is 17.9 Å². The highest BCUT2D eigenvalue weighted by Crippen LogP contribution is 2.36. The van der Waals surface area contributed by atoms with Crippen LogP contribution in [0, 0.1) is 0 Å². The second kappa shape index (κ2) is 9.28. The molecule has 192 valence electrons. The molecule has 2 aromatic rings. The van der Waals surface area contributed by atoms with Crippen LogP contribution in [0.15, 0.2) is 17.1 Å². The molecule has 0 amide bonds. The first kappa shape index (κ1) is 26.7. The molecular weight excluding hydrogens is 495 g/mol. The average molecular weight is 526 g/mol. The van der Waals surface area contributed by atoms with Crippen molar-refractivity contribution in [3.05, 3.63) is 22.6 Å². The van der Waals surface area contributed by atoms with Crippen LogP contribution in [-0.4, -0.2) is 49.8 Å². The van der Waals surface area contributed by atoms with Crippen molar-refractivity contribution in [2.75, 3.05) is 13.2 Å². The molecule has 0 aromatic carbocycles. The Morgan fingerprint density at radius 2 is 1.91 bits per heavy atom. The molecule has 1 fully saturated rings. The number of ether oxygens (including phenoxy) is 1. The van der Waals surface area contributed by atoms with Crippen LogP contribution >= 0.6 is 0 Å². The highest BCUT2D eigenvalue weighted by molar-refractivity contribution is 7.88. The number of nitrogens with zero attached hydrogens (tertiary/aromatic N) is 3. The van der Waals surface area contributed by atoms with E-state index in [0.717, 1.165) is 12.8 Å². The first-order chi connectivity index (χ1) is 15.5. The standard InChI is InChI=1S/C20H30F3N3O6SSi/c1-19(2,3)34(4,5)31-11-9-25-14-13-26(17-8-6-7-10-30-17)24-18(14)15(12-16(25)27)32-33(28,29)20(21,22)23/h12-13,17H,6-11H2,1-5H3. The molecule has 0 aliphatic carbocycles. The lowest BCUT2D eigenvalue weighted by Gasteiger charge is -2.36. The van der Waals surface area contributed by atoms with E-state index in [0.29, 0.717) is 19.1 Å². The second-order valence-electron chi connectivity index (χ2n) is 9.75. The number of hydrogen-bond acceptors (Lipinski definition) is 7. The summed E-state index contributed by atoms with van der Waals surface area (Å²) >= 11 is 0. The van der Waals surface area contributed by atoms with Gasteiger partial charge in [-0.1, -0.05) is 20.8 Å². The number of rotatable bonds is 7. The van der Waals surface area contributed by atoms with Crippen LogP contribution in [-0.2, 0) is 25.8 Å². The summed E-state index contributed by atoms with van der Waals surface area (Å²) in [6.07, 6.45) is 3.32. The third-order valence-corrected chi connectivity index (χ3v) is 11.8. The topological polar surface area (TPSA) is 102 Å². The Hall–Kier alpha value is -1.90. The molecule has 0 spiro atoms. The molecule has 0 N–H and O–H groups in total. The molecule has 1 saturated heterocycles. The molecule has 0 saturated carbocycles. The van der Waals surface area contributed by atoms with Crippen molar-refractivity contribution in [3.8, 4) is 5.75 Å². The van der Waals surface area contributed by atoms with E-state index in [2.05, 4.69) is 43.1 Å². The Kier molecular flexibility index (Phi) is 7.29. The fourth-order valence-corrected chi connectivity index (χ4v) is 4.77. The summed E-state index contributed by atoms with van der Waals surface area (Å²) in [4.78, 5) is 12.8. The summed E-state index contributed by atoms with van der Waals surface area (Å²) in [5.74, 6) is -0.784. The van der Waals surface area contributed by atoms with E-state index in [-0.39, 0.29) is 29.2 Å². The van der Waals surface area contributed by atoms with Gasteiger partial charge in [-0.3, -0.25) is 4.79 Å². The normalized spacial score (nSPS) is 18.4. The molecule has 3 rings (SSSR count). The zero-order valence-electron chi connectivity index (χ0n) is 19.8. The predicted molar refractivity (Wildman–Crippen MR) is 122 cm³/mol. The number of halogens is 3. The Bertz CT molecular complexity index is 1200. The minimum Gasteiger partial charge on any atom is -0.415 e. The summed E-state index contributed by atoms with van der Waals surface area (Å²) in [7, 11) is -8.10. The molecule has 1 unspecified atom stereocenters. The SMILES string of the molecule is CC(C)(C)[Si](C)(C)OCCn1c(=O)cc(OS(=O)(=O)C(F)(F)F)c2nn(C3CCCCO3)cc21. The third-order valence-electron chi connectivity index (χ3n) is 6.28. The maximum Gasteiger partial charge on any atom is 0.534 e. The van der Waals surface area contributed by atoms with E-state index in [1.807, 2.05) is 0 Å². The maximum atomic E-state index is 12.9. The molecule has 1 aliphatic heterocycles. The number of aromatic nitrogens is 3. The molecule has 9 nitrogen and oxygen atoms in total. The first-order valence-electron chi connectivity index (χ1n) is 10.9. The summed E-state index contributed by atoms with van der Waals surface area (Å²) in [5, 5.41) is 4.19. The Balaban J connectivity index is 2.03. The fraction of sp³-hybridized carbons (Fsp3) is 0.700. The fourth-order valence-electron chi connectivity index (χ4n) is 3.28. The third kappa shape index (κ3) is 5.49. The molecule has 0 bridgehead atoms. The van der Waals surface area contributed by atoms with Crippen molar-refractivity contribution >= 4 is 29.5 Å². The van der Waals surface area contributed by atoms with E-state index in [1.165, 1.54) is 15.4 Å². The van der Waals surface area contributed by atoms with Crippen LogP contribution in [0.4, 0.5) is 13.2 Å². The Morgan fingerprint density at radius 1 is 1.24 bits per heavy atom. The monoisotopic (exact) mass is 525 g/mol. The molecule has 1 atom stereocenters. The van der Waals surface area contributed by atoms with Gasteiger partial charge in [-0.05, 0) is 37.4 Å². The minimum atomic E-state index is -5.99. The molecule has 3 heterocycles. The van der Waals surface area contributed by atoms with Crippen LogP contribution in [0.5, 0.6) is 5.75 Å². The van der Waals surface area contributed by atoms with Crippen LogP contribution < -0.4 is 9.74 Å². The lowest BCUT2D eigenvalue weighted by Crippen LogP contribution is -2.41. The van der Waals surface area contributed by atoms with Crippen LogP contribution in [0.3, 0.4) is 0 Å². The van der Waals surface area contributed by atoms with Gasteiger partial charge in [0.05, 0.1) is 18.3 Å². The average Bonchev–Trinajstić information content (AvgIpc) is 3.14. The lowest BCUT2D eigenvalue weighted by molar-refractivity contribution is -0.0500. The molecule has 14 heteroatoms. The quantitative estimate of drug-likeness (QED) is 0.304. The van der Waals surface area contributed by atoms with Gasteiger partial charge in [0.2, 0.25) is 0 Å². The number of fused-ring (bicyclic) bond motifs is 1. The van der Waals surface area contributed by atoms with Crippen molar-refractivity contribution in [1.29, 1.82) is 0 Å². The van der Waals surface area contributed by atoms with Gasteiger partial charge in [0.15, 0.2) is 19.6 Å². The van der Waals surface area contributed by atoms with Crippen LogP contribution in [0.25, 0.3) is 11.0 Å². The van der Waals surface area contributed by atoms with Crippen molar-refractivity contribution in [3.63, 3.8) is 0 Å². The lowest BCUT2D eigenvalue weighted by atomic mass is 10.2. The maximum absolute atomic E-state index is 12.9. The molecule has 34 heavy (non-hydrogen) atoms. The van der Waals surface area contributed by atoms with Crippen LogP contribution in [0.2, 0.25) is 18.1 Å². The largest absolute Gasteiger partial charge is 0.534 e. The van der Waals surface area contributed by atoms with E-state index >= 15 is 0 Å². The summed E-state index contributed by atoms with van der Waals surface area (Å²) in [5.41, 5.74) is -6.44. The van der Waals surface area contributed by atoms with Gasteiger partial charge >= 0.3 is 15.6 Å². The first-order valence-corrected chi connectivity index (χ1v) is 15.2. The smallest absolute Gasteiger partial charge is 0.415 e. The molecule has 2 aromatic heterocycles. The number of hydrogen-bond donors (Lipinski definition) is 0. The van der Waals surface area contributed by atoms with Crippen molar-refractivity contribution in [2.45, 2.75) is 76.4 Å². The summed E-state index contributed by atoms with van der Waals surface area (Å²) in [6.45, 7) is 11.1. The molecule has 0 radical (unpaired) electrons. The Labute approximate surface area is 197 Å². The van der Waals surface area contributed by atoms with Gasteiger partial charge in [-0.15, -0.1) is 0 Å². The van der Waals surface area contributed by atoms with Gasteiger partial charge in [0.25, 0.3) is 5.56 Å². The van der Waals surface area contributed by atoms with Gasteiger partial charge in [0, 0.05) is 19.2 Å². The van der Waals surface area contributed by atoms with Crippen LogP contribution in [0.1, 0.15) is 46.3 Å².